The van der Waals surface area contributed by atoms with E-state index in [1.54, 1.807) is 26.0 Å². The highest BCUT2D eigenvalue weighted by atomic mass is 35.5. The van der Waals surface area contributed by atoms with Crippen molar-refractivity contribution in [3.8, 4) is 0 Å². The fourth-order valence-corrected chi connectivity index (χ4v) is 3.40. The molecule has 0 saturated heterocycles. The quantitative estimate of drug-likeness (QED) is 0.496. The molecule has 2 aromatic rings. The molecule has 2 N–H and O–H groups in total. The van der Waals surface area contributed by atoms with E-state index in [1.807, 2.05) is 13.0 Å². The van der Waals surface area contributed by atoms with Gasteiger partial charge in [0.05, 0.1) is 35.0 Å². The van der Waals surface area contributed by atoms with E-state index in [-0.39, 0.29) is 16.5 Å². The molecular weight excluding hydrogens is 404 g/mol. The number of sulfonamides is 1. The minimum Gasteiger partial charge on any atom is -0.353 e. The van der Waals surface area contributed by atoms with Gasteiger partial charge < -0.3 is 5.32 Å². The summed E-state index contributed by atoms with van der Waals surface area (Å²) in [5, 5.41) is 3.28. The van der Waals surface area contributed by atoms with Crippen LogP contribution in [-0.4, -0.2) is 38.7 Å². The van der Waals surface area contributed by atoms with Crippen LogP contribution in [0.4, 0.5) is 17.1 Å². The van der Waals surface area contributed by atoms with Crippen LogP contribution in [0.2, 0.25) is 5.15 Å². The summed E-state index contributed by atoms with van der Waals surface area (Å²) in [5.74, 6) is -0.545. The summed E-state index contributed by atoms with van der Waals surface area (Å²) in [4.78, 5) is 21.2. The number of carbonyl (C=O) groups is 1. The molecule has 0 spiro atoms. The van der Waals surface area contributed by atoms with Crippen molar-refractivity contribution >= 4 is 44.6 Å². The lowest BCUT2D eigenvalue weighted by molar-refractivity contribution is 0.0365. The first-order valence-electron chi connectivity index (χ1n) is 8.61. The Morgan fingerprint density at radius 3 is 2.61 bits per heavy atom. The summed E-state index contributed by atoms with van der Waals surface area (Å²) in [6.45, 7) is 5.48. The molecule has 0 atom stereocenters. The lowest BCUT2D eigenvalue weighted by atomic mass is 10.1. The number of hydrogen-bond acceptors (Lipinski definition) is 6. The molecule has 152 valence electrons. The number of hydroxylamine groups is 1. The number of carbonyl (C=O) groups excluding carboxylic acids is 1. The summed E-state index contributed by atoms with van der Waals surface area (Å²) in [6.07, 6.45) is 1.32. The number of nitrogens with one attached hydrogen (secondary N) is 2. The van der Waals surface area contributed by atoms with Gasteiger partial charge in [-0.15, -0.1) is 0 Å². The molecule has 0 aliphatic rings. The van der Waals surface area contributed by atoms with Crippen molar-refractivity contribution in [2.24, 2.45) is 0 Å². The largest absolute Gasteiger partial charge is 0.353 e. The Hall–Kier alpha value is -2.36. The molecule has 28 heavy (non-hydrogen) atoms. The van der Waals surface area contributed by atoms with E-state index in [0.717, 1.165) is 5.56 Å². The minimum atomic E-state index is -3.47. The highest BCUT2D eigenvalue weighted by molar-refractivity contribution is 7.92. The second kappa shape index (κ2) is 9.22. The maximum Gasteiger partial charge on any atom is 0.278 e. The summed E-state index contributed by atoms with van der Waals surface area (Å²) in [7, 11) is -1.99. The summed E-state index contributed by atoms with van der Waals surface area (Å²) in [5.41, 5.74) is 4.71. The third-order valence-electron chi connectivity index (χ3n) is 3.97. The van der Waals surface area contributed by atoms with E-state index >= 15 is 0 Å². The van der Waals surface area contributed by atoms with Gasteiger partial charge in [-0.2, -0.15) is 0 Å². The van der Waals surface area contributed by atoms with Crippen molar-refractivity contribution in [3.05, 3.63) is 46.7 Å². The van der Waals surface area contributed by atoms with Crippen molar-refractivity contribution in [3.63, 3.8) is 0 Å². The number of hydrogen-bond donors (Lipinski definition) is 2. The van der Waals surface area contributed by atoms with Crippen LogP contribution >= 0.6 is 11.6 Å². The third-order valence-corrected chi connectivity index (χ3v) is 5.94. The monoisotopic (exact) mass is 426 g/mol. The Morgan fingerprint density at radius 1 is 1.25 bits per heavy atom. The van der Waals surface area contributed by atoms with Crippen LogP contribution in [0.15, 0.2) is 30.5 Å². The van der Waals surface area contributed by atoms with Crippen LogP contribution < -0.4 is 15.1 Å². The molecule has 1 amide bonds. The zero-order valence-electron chi connectivity index (χ0n) is 16.1. The van der Waals surface area contributed by atoms with E-state index in [1.165, 1.54) is 23.6 Å². The van der Waals surface area contributed by atoms with Crippen LogP contribution in [0, 0.1) is 6.92 Å². The summed E-state index contributed by atoms with van der Waals surface area (Å²) < 4.78 is 25.9. The molecule has 0 saturated carbocycles. The molecule has 2 rings (SSSR count). The Labute approximate surface area is 169 Å². The second-order valence-corrected chi connectivity index (χ2v) is 8.61. The normalized spacial score (nSPS) is 11.2. The first-order chi connectivity index (χ1) is 13.2. The maximum absolute atomic E-state index is 12.3. The maximum atomic E-state index is 12.3. The molecule has 1 heterocycles. The molecule has 8 nitrogen and oxygen atoms in total. The number of pyridine rings is 1. The highest BCUT2D eigenvalue weighted by Gasteiger charge is 2.21. The summed E-state index contributed by atoms with van der Waals surface area (Å²) in [6, 6.07) is 6.81. The van der Waals surface area contributed by atoms with Gasteiger partial charge in [0.1, 0.15) is 5.15 Å². The second-order valence-electron chi connectivity index (χ2n) is 5.93. The number of rotatable bonds is 8. The lowest BCUT2D eigenvalue weighted by Gasteiger charge is -2.23. The molecule has 10 heteroatoms. The van der Waals surface area contributed by atoms with Crippen LogP contribution in [0.5, 0.6) is 0 Å². The fraction of sp³-hybridized carbons (Fsp3) is 0.333. The van der Waals surface area contributed by atoms with Gasteiger partial charge in [-0.1, -0.05) is 17.7 Å². The standard InChI is InChI=1S/C18H23ClN4O4S/c1-5-27-22-18(24)13-11-20-17(19)10-15(13)21-14-8-7-12(3)9-16(14)23(4)28(25,26)6-2/h7-11H,5-6H2,1-4H3,(H,20,21)(H,22,24). The molecule has 0 radical (unpaired) electrons. The third kappa shape index (κ3) is 5.12. The SMILES string of the molecule is CCONC(=O)c1cnc(Cl)cc1Nc1ccc(C)cc1N(C)S(=O)(=O)CC. The van der Waals surface area contributed by atoms with Crippen molar-refractivity contribution in [2.45, 2.75) is 20.8 Å². The van der Waals surface area contributed by atoms with Crippen LogP contribution in [0.1, 0.15) is 29.8 Å². The van der Waals surface area contributed by atoms with Gasteiger partial charge in [-0.25, -0.2) is 18.9 Å². The predicted molar refractivity (Wildman–Crippen MR) is 111 cm³/mol. The zero-order chi connectivity index (χ0) is 20.9. The van der Waals surface area contributed by atoms with Gasteiger partial charge in [0.15, 0.2) is 0 Å². The van der Waals surface area contributed by atoms with Crippen molar-refractivity contribution in [1.29, 1.82) is 0 Å². The predicted octanol–water partition coefficient (Wildman–Crippen LogP) is 3.25. The molecule has 0 unspecified atom stereocenters. The van der Waals surface area contributed by atoms with Crippen molar-refractivity contribution < 1.29 is 18.0 Å². The first-order valence-corrected chi connectivity index (χ1v) is 10.6. The smallest absolute Gasteiger partial charge is 0.278 e. The number of aromatic nitrogens is 1. The Morgan fingerprint density at radius 2 is 1.96 bits per heavy atom. The molecular formula is C18H23ClN4O4S. The van der Waals surface area contributed by atoms with Gasteiger partial charge in [-0.3, -0.25) is 13.9 Å². The number of benzene rings is 1. The lowest BCUT2D eigenvalue weighted by Crippen LogP contribution is -2.29. The van der Waals surface area contributed by atoms with Crippen molar-refractivity contribution in [2.75, 3.05) is 29.0 Å². The number of aryl methyl sites for hydroxylation is 1. The minimum absolute atomic E-state index is 0.0417. The number of halogens is 1. The van der Waals surface area contributed by atoms with Crippen LogP contribution in [0.25, 0.3) is 0 Å². The number of nitrogens with zero attached hydrogens (tertiary/aromatic N) is 2. The molecule has 1 aromatic carbocycles. The van der Waals surface area contributed by atoms with Crippen LogP contribution in [-0.2, 0) is 14.9 Å². The van der Waals surface area contributed by atoms with E-state index in [2.05, 4.69) is 15.8 Å². The number of amides is 1. The molecule has 0 aliphatic carbocycles. The molecule has 1 aromatic heterocycles. The summed E-state index contributed by atoms with van der Waals surface area (Å²) >= 11 is 5.99. The average Bonchev–Trinajstić information content (AvgIpc) is 2.67. The molecule has 0 fully saturated rings. The molecule has 0 bridgehead atoms. The Kier molecular flexibility index (Phi) is 7.22. The highest BCUT2D eigenvalue weighted by Crippen LogP contribution is 2.32. The van der Waals surface area contributed by atoms with E-state index in [0.29, 0.717) is 23.7 Å². The Bertz CT molecular complexity index is 966. The van der Waals surface area contributed by atoms with E-state index < -0.39 is 15.9 Å². The van der Waals surface area contributed by atoms with E-state index in [4.69, 9.17) is 16.4 Å². The fourth-order valence-electron chi connectivity index (χ4n) is 2.40. The zero-order valence-corrected chi connectivity index (χ0v) is 17.7. The Balaban J connectivity index is 2.49. The first kappa shape index (κ1) is 21.9. The van der Waals surface area contributed by atoms with Crippen molar-refractivity contribution in [1.82, 2.24) is 10.5 Å². The van der Waals surface area contributed by atoms with Gasteiger partial charge in [0, 0.05) is 13.2 Å². The van der Waals surface area contributed by atoms with Gasteiger partial charge in [0.25, 0.3) is 5.91 Å². The van der Waals surface area contributed by atoms with Gasteiger partial charge in [-0.05, 0) is 44.5 Å². The van der Waals surface area contributed by atoms with Gasteiger partial charge >= 0.3 is 0 Å². The van der Waals surface area contributed by atoms with Crippen LogP contribution in [0.3, 0.4) is 0 Å². The topological polar surface area (TPSA) is 101 Å². The van der Waals surface area contributed by atoms with Gasteiger partial charge in [0.2, 0.25) is 10.0 Å². The molecule has 0 aliphatic heterocycles. The number of anilines is 3. The van der Waals surface area contributed by atoms with E-state index in [9.17, 15) is 13.2 Å². The average molecular weight is 427 g/mol.